The van der Waals surface area contributed by atoms with Gasteiger partial charge in [-0.3, -0.25) is 14.4 Å². The first kappa shape index (κ1) is 21.2. The van der Waals surface area contributed by atoms with Crippen LogP contribution < -0.4 is 16.4 Å². The standard InChI is InChI=1S/C19H22ClN5O3S/c20-13-3-4-15(22-10-13)23-18(28)12-2-1-7-25(11-12)8-5-16(26)24-19-14(17(21)27)6-9-29-19/h3-4,6,9-10,12H,1-2,5,7-8,11H2,(H2,21,27)(H,24,26)(H,22,23,28). The lowest BCUT2D eigenvalue weighted by Gasteiger charge is -2.31. The van der Waals surface area contributed by atoms with Gasteiger partial charge < -0.3 is 21.3 Å². The summed E-state index contributed by atoms with van der Waals surface area (Å²) in [6.45, 7) is 1.95. The van der Waals surface area contributed by atoms with Gasteiger partial charge in [0.1, 0.15) is 10.8 Å². The third kappa shape index (κ3) is 5.99. The molecule has 0 saturated carbocycles. The lowest BCUT2D eigenvalue weighted by atomic mass is 9.97. The van der Waals surface area contributed by atoms with Crippen molar-refractivity contribution in [3.8, 4) is 0 Å². The molecule has 1 saturated heterocycles. The number of halogens is 1. The molecule has 3 amide bonds. The molecular formula is C19H22ClN5O3S. The number of nitrogens with two attached hydrogens (primary N) is 1. The number of nitrogens with zero attached hydrogens (tertiary/aromatic N) is 2. The third-order valence-corrected chi connectivity index (χ3v) is 5.75. The number of pyridine rings is 1. The lowest BCUT2D eigenvalue weighted by Crippen LogP contribution is -2.41. The maximum absolute atomic E-state index is 12.5. The van der Waals surface area contributed by atoms with E-state index in [0.717, 1.165) is 19.4 Å². The highest BCUT2D eigenvalue weighted by molar-refractivity contribution is 7.14. The number of likely N-dealkylation sites (tertiary alicyclic amines) is 1. The van der Waals surface area contributed by atoms with Crippen LogP contribution >= 0.6 is 22.9 Å². The number of hydrogen-bond acceptors (Lipinski definition) is 6. The Hall–Kier alpha value is -2.49. The van der Waals surface area contributed by atoms with Crippen molar-refractivity contribution < 1.29 is 14.4 Å². The molecule has 4 N–H and O–H groups in total. The first-order chi connectivity index (χ1) is 13.9. The van der Waals surface area contributed by atoms with Crippen LogP contribution in [0.1, 0.15) is 29.6 Å². The van der Waals surface area contributed by atoms with Crippen LogP contribution in [0.3, 0.4) is 0 Å². The Morgan fingerprint density at radius 3 is 2.83 bits per heavy atom. The monoisotopic (exact) mass is 435 g/mol. The summed E-state index contributed by atoms with van der Waals surface area (Å²) < 4.78 is 0. The van der Waals surface area contributed by atoms with Crippen LogP contribution in [-0.2, 0) is 9.59 Å². The van der Waals surface area contributed by atoms with E-state index in [-0.39, 0.29) is 24.2 Å². The van der Waals surface area contributed by atoms with Crippen molar-refractivity contribution in [2.75, 3.05) is 30.3 Å². The largest absolute Gasteiger partial charge is 0.366 e. The van der Waals surface area contributed by atoms with Crippen molar-refractivity contribution in [1.29, 1.82) is 0 Å². The number of carbonyl (C=O) groups is 3. The molecule has 2 aromatic heterocycles. The molecule has 1 unspecified atom stereocenters. The van der Waals surface area contributed by atoms with Crippen molar-refractivity contribution in [2.24, 2.45) is 11.7 Å². The zero-order valence-corrected chi connectivity index (χ0v) is 17.3. The van der Waals surface area contributed by atoms with Gasteiger partial charge in [0.25, 0.3) is 5.91 Å². The second kappa shape index (κ2) is 9.82. The van der Waals surface area contributed by atoms with E-state index in [4.69, 9.17) is 17.3 Å². The number of rotatable bonds is 7. The van der Waals surface area contributed by atoms with Gasteiger partial charge in [0.2, 0.25) is 11.8 Å². The van der Waals surface area contributed by atoms with Gasteiger partial charge in [-0.1, -0.05) is 11.6 Å². The molecule has 29 heavy (non-hydrogen) atoms. The predicted molar refractivity (Wildman–Crippen MR) is 113 cm³/mol. The quantitative estimate of drug-likeness (QED) is 0.617. The molecule has 0 aliphatic carbocycles. The molecular weight excluding hydrogens is 414 g/mol. The SMILES string of the molecule is NC(=O)c1ccsc1NC(=O)CCN1CCCC(C(=O)Nc2ccc(Cl)cn2)C1. The molecule has 1 aliphatic rings. The van der Waals surface area contributed by atoms with Crippen LogP contribution in [0.15, 0.2) is 29.8 Å². The molecule has 3 rings (SSSR count). The Balaban J connectivity index is 1.47. The Morgan fingerprint density at radius 1 is 1.28 bits per heavy atom. The number of aromatic nitrogens is 1. The summed E-state index contributed by atoms with van der Waals surface area (Å²) in [6, 6.07) is 4.93. The van der Waals surface area contributed by atoms with Gasteiger partial charge in [0, 0.05) is 25.7 Å². The minimum absolute atomic E-state index is 0.0846. The van der Waals surface area contributed by atoms with Crippen LogP contribution in [0.4, 0.5) is 10.8 Å². The highest BCUT2D eigenvalue weighted by Crippen LogP contribution is 2.23. The Kier molecular flexibility index (Phi) is 7.18. The zero-order valence-electron chi connectivity index (χ0n) is 15.7. The van der Waals surface area contributed by atoms with Crippen LogP contribution in [0, 0.1) is 5.92 Å². The summed E-state index contributed by atoms with van der Waals surface area (Å²) in [4.78, 5) is 42.3. The molecule has 0 bridgehead atoms. The van der Waals surface area contributed by atoms with Gasteiger partial charge in [-0.15, -0.1) is 11.3 Å². The van der Waals surface area contributed by atoms with E-state index in [1.54, 1.807) is 23.6 Å². The van der Waals surface area contributed by atoms with Gasteiger partial charge in [-0.05, 0) is 43.0 Å². The summed E-state index contributed by atoms with van der Waals surface area (Å²) in [6.07, 6.45) is 3.42. The van der Waals surface area contributed by atoms with Gasteiger partial charge in [0.05, 0.1) is 16.5 Å². The van der Waals surface area contributed by atoms with E-state index in [2.05, 4.69) is 20.5 Å². The van der Waals surface area contributed by atoms with E-state index in [9.17, 15) is 14.4 Å². The second-order valence-electron chi connectivity index (χ2n) is 6.82. The average Bonchev–Trinajstić information content (AvgIpc) is 3.17. The smallest absolute Gasteiger partial charge is 0.251 e. The Labute approximate surface area is 177 Å². The van der Waals surface area contributed by atoms with E-state index >= 15 is 0 Å². The van der Waals surface area contributed by atoms with Gasteiger partial charge >= 0.3 is 0 Å². The number of piperidine rings is 1. The van der Waals surface area contributed by atoms with Crippen molar-refractivity contribution >= 4 is 51.5 Å². The summed E-state index contributed by atoms with van der Waals surface area (Å²) in [7, 11) is 0. The maximum Gasteiger partial charge on any atom is 0.251 e. The number of thiophene rings is 1. The third-order valence-electron chi connectivity index (χ3n) is 4.69. The van der Waals surface area contributed by atoms with Crippen LogP contribution in [0.5, 0.6) is 0 Å². The Bertz CT molecular complexity index is 886. The fourth-order valence-electron chi connectivity index (χ4n) is 3.20. The van der Waals surface area contributed by atoms with Gasteiger partial charge in [0.15, 0.2) is 0 Å². The summed E-state index contributed by atoms with van der Waals surface area (Å²) in [5.74, 6) is -0.535. The molecule has 1 aliphatic heterocycles. The number of primary amides is 1. The number of anilines is 2. The fourth-order valence-corrected chi connectivity index (χ4v) is 4.12. The van der Waals surface area contributed by atoms with E-state index < -0.39 is 5.91 Å². The second-order valence-corrected chi connectivity index (χ2v) is 8.17. The number of carbonyl (C=O) groups excluding carboxylic acids is 3. The molecule has 1 atom stereocenters. The Morgan fingerprint density at radius 2 is 2.10 bits per heavy atom. The molecule has 3 heterocycles. The first-order valence-electron chi connectivity index (χ1n) is 9.24. The molecule has 10 heteroatoms. The van der Waals surface area contributed by atoms with E-state index in [0.29, 0.717) is 34.5 Å². The van der Waals surface area contributed by atoms with Crippen LogP contribution in [0.2, 0.25) is 5.02 Å². The summed E-state index contributed by atoms with van der Waals surface area (Å²) in [5.41, 5.74) is 5.60. The van der Waals surface area contributed by atoms with Crippen molar-refractivity contribution in [2.45, 2.75) is 19.3 Å². The maximum atomic E-state index is 12.5. The predicted octanol–water partition coefficient (Wildman–Crippen LogP) is 2.57. The summed E-state index contributed by atoms with van der Waals surface area (Å²) in [5, 5.41) is 8.23. The number of hydrogen-bond donors (Lipinski definition) is 3. The molecule has 0 spiro atoms. The van der Waals surface area contributed by atoms with Crippen LogP contribution in [-0.4, -0.2) is 47.2 Å². The number of nitrogens with one attached hydrogen (secondary N) is 2. The molecule has 8 nitrogen and oxygen atoms in total. The van der Waals surface area contributed by atoms with E-state index in [1.165, 1.54) is 17.5 Å². The molecule has 1 fully saturated rings. The molecule has 2 aromatic rings. The summed E-state index contributed by atoms with van der Waals surface area (Å²) >= 11 is 7.07. The molecule has 0 aromatic carbocycles. The highest BCUT2D eigenvalue weighted by atomic mass is 35.5. The zero-order chi connectivity index (χ0) is 20.8. The van der Waals surface area contributed by atoms with Gasteiger partial charge in [-0.25, -0.2) is 4.98 Å². The van der Waals surface area contributed by atoms with Gasteiger partial charge in [-0.2, -0.15) is 0 Å². The van der Waals surface area contributed by atoms with Crippen LogP contribution in [0.25, 0.3) is 0 Å². The average molecular weight is 436 g/mol. The molecule has 154 valence electrons. The normalized spacial score (nSPS) is 16.9. The topological polar surface area (TPSA) is 117 Å². The van der Waals surface area contributed by atoms with Crippen molar-refractivity contribution in [3.05, 3.63) is 40.4 Å². The van der Waals surface area contributed by atoms with Crippen molar-refractivity contribution in [3.63, 3.8) is 0 Å². The first-order valence-corrected chi connectivity index (χ1v) is 10.5. The fraction of sp³-hybridized carbons (Fsp3) is 0.368. The minimum Gasteiger partial charge on any atom is -0.366 e. The highest BCUT2D eigenvalue weighted by Gasteiger charge is 2.26. The number of amides is 3. The van der Waals surface area contributed by atoms with Crippen molar-refractivity contribution in [1.82, 2.24) is 9.88 Å². The lowest BCUT2D eigenvalue weighted by molar-refractivity contribution is -0.121. The van der Waals surface area contributed by atoms with E-state index in [1.807, 2.05) is 0 Å². The minimum atomic E-state index is -0.568. The molecule has 0 radical (unpaired) electrons.